The van der Waals surface area contributed by atoms with Gasteiger partial charge in [-0.15, -0.1) is 0 Å². The molecular weight excluding hydrogens is 319 g/mol. The normalized spacial score (nSPS) is 13.4. The average molecular weight is 335 g/mol. The van der Waals surface area contributed by atoms with E-state index < -0.39 is 18.2 Å². The summed E-state index contributed by atoms with van der Waals surface area (Å²) in [4.78, 5) is 0. The van der Waals surface area contributed by atoms with Gasteiger partial charge in [0, 0.05) is 5.56 Å². The van der Waals surface area contributed by atoms with Gasteiger partial charge in [0.05, 0.1) is 21.1 Å². The molecule has 0 aromatic heterocycles. The molecular formula is C13H16F7NO. The fourth-order valence-electron chi connectivity index (χ4n) is 1.30. The van der Waals surface area contributed by atoms with E-state index in [4.69, 9.17) is 5.11 Å². The summed E-state index contributed by atoms with van der Waals surface area (Å²) in [7, 11) is 6.60. The monoisotopic (exact) mass is 335 g/mol. The number of benzene rings is 1. The summed E-state index contributed by atoms with van der Waals surface area (Å²) >= 11 is 0. The first kappa shape index (κ1) is 20.6. The van der Waals surface area contributed by atoms with Crippen LogP contribution in [0.2, 0.25) is 0 Å². The largest absolute Gasteiger partial charge is 0.793 e. The number of hydrogen-bond donors (Lipinski definition) is 0. The lowest BCUT2D eigenvalue weighted by Gasteiger charge is -2.31. The lowest BCUT2D eigenvalue weighted by atomic mass is 10.2. The third-order valence-electron chi connectivity index (χ3n) is 2.22. The maximum Gasteiger partial charge on any atom is 0.458 e. The molecule has 0 saturated heterocycles. The first-order valence-electron chi connectivity index (χ1n) is 5.95. The molecule has 22 heavy (non-hydrogen) atoms. The molecule has 1 aromatic carbocycles. The Bertz CT molecular complexity index is 430. The molecule has 2 nitrogen and oxygen atoms in total. The van der Waals surface area contributed by atoms with E-state index in [1.165, 1.54) is 5.56 Å². The Morgan fingerprint density at radius 2 is 1.27 bits per heavy atom. The molecule has 1 rings (SSSR count). The van der Waals surface area contributed by atoms with Gasteiger partial charge in [0.15, 0.2) is 0 Å². The molecule has 0 aliphatic heterocycles. The molecule has 1 aromatic rings. The first-order valence-corrected chi connectivity index (χ1v) is 5.95. The lowest BCUT2D eigenvalue weighted by molar-refractivity contribution is -0.884. The van der Waals surface area contributed by atoms with E-state index in [1.54, 1.807) is 0 Å². The highest BCUT2D eigenvalue weighted by molar-refractivity contribution is 5.13. The Morgan fingerprint density at radius 1 is 0.864 bits per heavy atom. The van der Waals surface area contributed by atoms with Crippen LogP contribution in [-0.2, 0) is 6.54 Å². The van der Waals surface area contributed by atoms with Crippen LogP contribution in [-0.4, -0.2) is 43.8 Å². The van der Waals surface area contributed by atoms with E-state index in [9.17, 15) is 30.7 Å². The van der Waals surface area contributed by atoms with E-state index in [1.807, 2.05) is 0 Å². The lowest BCUT2D eigenvalue weighted by Crippen LogP contribution is -2.59. The predicted molar refractivity (Wildman–Crippen MR) is 64.1 cm³/mol. The molecule has 0 heterocycles. The second-order valence-electron chi connectivity index (χ2n) is 5.52. The number of quaternary nitrogens is 1. The third-order valence-corrected chi connectivity index (χ3v) is 2.22. The average Bonchev–Trinajstić information content (AvgIpc) is 2.25. The van der Waals surface area contributed by atoms with Crippen molar-refractivity contribution in [2.24, 2.45) is 0 Å². The van der Waals surface area contributed by atoms with Gasteiger partial charge in [-0.2, -0.15) is 22.0 Å². The molecule has 0 saturated carbocycles. The van der Waals surface area contributed by atoms with Crippen LogP contribution in [0.3, 0.4) is 0 Å². The smallest absolute Gasteiger partial charge is 0.458 e. The van der Waals surface area contributed by atoms with Crippen LogP contribution in [0.15, 0.2) is 30.3 Å². The zero-order valence-electron chi connectivity index (χ0n) is 12.1. The third kappa shape index (κ3) is 6.61. The van der Waals surface area contributed by atoms with Gasteiger partial charge in [-0.25, -0.2) is 8.78 Å². The van der Waals surface area contributed by atoms with Crippen molar-refractivity contribution >= 4 is 0 Å². The summed E-state index contributed by atoms with van der Waals surface area (Å²) < 4.78 is 78.1. The fraction of sp³-hybridized carbons (Fsp3) is 0.538. The van der Waals surface area contributed by atoms with Crippen LogP contribution in [0.1, 0.15) is 5.56 Å². The van der Waals surface area contributed by atoms with Crippen molar-refractivity contribution in [1.82, 2.24) is 0 Å². The summed E-state index contributed by atoms with van der Waals surface area (Å²) in [6.07, 6.45) is -12.8. The second kappa shape index (κ2) is 6.82. The number of alkyl halides is 7. The minimum Gasteiger partial charge on any atom is -0.793 e. The SMILES string of the molecule is C[N+](C)(C)Cc1ccccc1.[O-]C(F)(F)C(F)(F)C(F)(F)F. The van der Waals surface area contributed by atoms with Gasteiger partial charge in [0.25, 0.3) is 6.11 Å². The van der Waals surface area contributed by atoms with E-state index >= 15 is 0 Å². The molecule has 0 bridgehead atoms. The Balaban J connectivity index is 0.000000401. The molecule has 0 fully saturated rings. The van der Waals surface area contributed by atoms with Gasteiger partial charge in [-0.3, -0.25) is 0 Å². The van der Waals surface area contributed by atoms with E-state index in [0.29, 0.717) is 0 Å². The standard InChI is InChI=1S/C10H16N.C3F7O/c1-11(2,3)9-10-7-5-4-6-8-10;4-1(5,2(6,7)8)3(9,10)11/h4-8H,9H2,1-3H3;/q+1;-1. The summed E-state index contributed by atoms with van der Waals surface area (Å²) in [6, 6.07) is 10.6. The molecule has 0 aliphatic carbocycles. The van der Waals surface area contributed by atoms with Gasteiger partial charge < -0.3 is 9.59 Å². The Hall–Kier alpha value is -1.35. The molecule has 0 unspecified atom stereocenters. The van der Waals surface area contributed by atoms with Crippen LogP contribution >= 0.6 is 0 Å². The van der Waals surface area contributed by atoms with Crippen molar-refractivity contribution in [3.05, 3.63) is 35.9 Å². The predicted octanol–water partition coefficient (Wildman–Crippen LogP) is 3.03. The Labute approximate surface area is 123 Å². The van der Waals surface area contributed by atoms with Crippen LogP contribution in [0.4, 0.5) is 30.7 Å². The van der Waals surface area contributed by atoms with E-state index in [0.717, 1.165) is 11.0 Å². The molecule has 0 spiro atoms. The van der Waals surface area contributed by atoms with Gasteiger partial charge in [-0.05, 0) is 0 Å². The van der Waals surface area contributed by atoms with Crippen LogP contribution in [0, 0.1) is 0 Å². The van der Waals surface area contributed by atoms with Crippen molar-refractivity contribution in [3.63, 3.8) is 0 Å². The zero-order chi connectivity index (χ0) is 17.8. The highest BCUT2D eigenvalue weighted by Gasteiger charge is 2.67. The molecule has 128 valence electrons. The van der Waals surface area contributed by atoms with Crippen LogP contribution in [0.5, 0.6) is 0 Å². The fourth-order valence-corrected chi connectivity index (χ4v) is 1.30. The number of hydrogen-bond acceptors (Lipinski definition) is 1. The van der Waals surface area contributed by atoms with Crippen molar-refractivity contribution in [1.29, 1.82) is 0 Å². The van der Waals surface area contributed by atoms with Crippen molar-refractivity contribution in [2.45, 2.75) is 24.8 Å². The summed E-state index contributed by atoms with van der Waals surface area (Å²) in [6.45, 7) is 1.10. The molecule has 0 radical (unpaired) electrons. The van der Waals surface area contributed by atoms with Gasteiger partial charge in [-0.1, -0.05) is 30.3 Å². The maximum atomic E-state index is 11.2. The topological polar surface area (TPSA) is 23.1 Å². The van der Waals surface area contributed by atoms with Crippen molar-refractivity contribution in [2.75, 3.05) is 21.1 Å². The quantitative estimate of drug-likeness (QED) is 0.615. The molecule has 9 heteroatoms. The Morgan fingerprint density at radius 3 is 1.50 bits per heavy atom. The van der Waals surface area contributed by atoms with E-state index in [2.05, 4.69) is 51.5 Å². The van der Waals surface area contributed by atoms with Gasteiger partial charge >= 0.3 is 12.1 Å². The zero-order valence-corrected chi connectivity index (χ0v) is 12.1. The van der Waals surface area contributed by atoms with Gasteiger partial charge in [0.1, 0.15) is 6.54 Å². The van der Waals surface area contributed by atoms with Crippen molar-refractivity contribution in [3.8, 4) is 0 Å². The first-order chi connectivity index (χ1) is 9.58. The summed E-state index contributed by atoms with van der Waals surface area (Å²) in [5, 5.41) is 8.97. The molecule has 0 N–H and O–H groups in total. The van der Waals surface area contributed by atoms with E-state index in [-0.39, 0.29) is 0 Å². The minimum atomic E-state index is -6.52. The maximum absolute atomic E-state index is 11.2. The number of halogens is 7. The summed E-state index contributed by atoms with van der Waals surface area (Å²) in [5.74, 6) is -6.51. The molecule has 0 amide bonds. The summed E-state index contributed by atoms with van der Waals surface area (Å²) in [5.41, 5.74) is 1.40. The number of rotatable bonds is 3. The van der Waals surface area contributed by atoms with Crippen molar-refractivity contribution < 1.29 is 40.3 Å². The number of nitrogens with zero attached hydrogens (tertiary/aromatic N) is 1. The molecule has 0 aliphatic rings. The van der Waals surface area contributed by atoms with Crippen LogP contribution in [0.25, 0.3) is 0 Å². The second-order valence-corrected chi connectivity index (χ2v) is 5.52. The molecule has 0 atom stereocenters. The highest BCUT2D eigenvalue weighted by Crippen LogP contribution is 2.43. The highest BCUT2D eigenvalue weighted by atomic mass is 19.4. The van der Waals surface area contributed by atoms with Crippen LogP contribution < -0.4 is 5.11 Å². The minimum absolute atomic E-state index is 0.990. The Kier molecular flexibility index (Phi) is 6.40. The van der Waals surface area contributed by atoms with Gasteiger partial charge in [0.2, 0.25) is 0 Å².